The maximum absolute atomic E-state index is 5.80. The van der Waals surface area contributed by atoms with Crippen molar-refractivity contribution in [2.75, 3.05) is 27.0 Å². The van der Waals surface area contributed by atoms with Crippen LogP contribution in [0.25, 0.3) is 11.1 Å². The fourth-order valence-corrected chi connectivity index (χ4v) is 3.72. The van der Waals surface area contributed by atoms with E-state index >= 15 is 0 Å². The number of fused-ring (bicyclic) bond motifs is 1. The summed E-state index contributed by atoms with van der Waals surface area (Å²) < 4.78 is 16.9. The molecule has 30 heavy (non-hydrogen) atoms. The largest absolute Gasteiger partial charge is 0.492 e. The van der Waals surface area contributed by atoms with Gasteiger partial charge < -0.3 is 19.5 Å². The predicted octanol–water partition coefficient (Wildman–Crippen LogP) is 5.38. The van der Waals surface area contributed by atoms with Gasteiger partial charge in [-0.05, 0) is 65.6 Å². The maximum Gasteiger partial charge on any atom is 0.231 e. The zero-order chi connectivity index (χ0) is 20.8. The van der Waals surface area contributed by atoms with E-state index < -0.39 is 0 Å². The summed E-state index contributed by atoms with van der Waals surface area (Å²) in [4.78, 5) is 0. The summed E-state index contributed by atoms with van der Waals surface area (Å²) in [6.07, 6.45) is 0.893. The molecule has 1 N–H and O–H groups in total. The van der Waals surface area contributed by atoms with Gasteiger partial charge in [-0.25, -0.2) is 0 Å². The Hall–Kier alpha value is -3.24. The van der Waals surface area contributed by atoms with E-state index in [1.165, 1.54) is 16.7 Å². The summed E-state index contributed by atoms with van der Waals surface area (Å²) in [5.74, 6) is 2.49. The van der Waals surface area contributed by atoms with Gasteiger partial charge >= 0.3 is 0 Å². The summed E-state index contributed by atoms with van der Waals surface area (Å²) >= 11 is 0. The fraction of sp³-hybridized carbons (Fsp3) is 0.231. The van der Waals surface area contributed by atoms with Crippen molar-refractivity contribution >= 4 is 11.1 Å². The number of hydrogen-bond acceptors (Lipinski definition) is 4. The lowest BCUT2D eigenvalue weighted by atomic mass is 9.88. The minimum absolute atomic E-state index is 0.282. The topological polar surface area (TPSA) is 39.7 Å². The molecule has 1 heterocycles. The highest BCUT2D eigenvalue weighted by Gasteiger charge is 2.18. The van der Waals surface area contributed by atoms with Gasteiger partial charge in [-0.2, -0.15) is 0 Å². The van der Waals surface area contributed by atoms with Crippen molar-refractivity contribution < 1.29 is 14.2 Å². The van der Waals surface area contributed by atoms with Crippen molar-refractivity contribution in [2.24, 2.45) is 0 Å². The molecule has 0 bridgehead atoms. The Balaban J connectivity index is 1.77. The summed E-state index contributed by atoms with van der Waals surface area (Å²) in [6, 6.07) is 25.1. The van der Waals surface area contributed by atoms with Crippen LogP contribution in [0, 0.1) is 0 Å². The van der Waals surface area contributed by atoms with Gasteiger partial charge in [-0.15, -0.1) is 0 Å². The summed E-state index contributed by atoms with van der Waals surface area (Å²) in [7, 11) is 1.92. The molecule has 0 saturated carbocycles. The molecule has 3 aromatic rings. The monoisotopic (exact) mass is 401 g/mol. The van der Waals surface area contributed by atoms with Crippen molar-refractivity contribution in [1.82, 2.24) is 5.32 Å². The van der Waals surface area contributed by atoms with E-state index in [1.807, 2.05) is 31.3 Å². The normalized spacial score (nSPS) is 13.1. The Labute approximate surface area is 178 Å². The van der Waals surface area contributed by atoms with Crippen LogP contribution < -0.4 is 19.5 Å². The highest BCUT2D eigenvalue weighted by atomic mass is 16.7. The fourth-order valence-electron chi connectivity index (χ4n) is 3.72. The van der Waals surface area contributed by atoms with Crippen LogP contribution in [-0.4, -0.2) is 27.0 Å². The van der Waals surface area contributed by atoms with Gasteiger partial charge in [-0.3, -0.25) is 0 Å². The third-order valence-corrected chi connectivity index (χ3v) is 5.20. The molecule has 0 saturated heterocycles. The molecule has 0 atom stereocenters. The first-order valence-electron chi connectivity index (χ1n) is 10.4. The van der Waals surface area contributed by atoms with E-state index in [1.54, 1.807) is 0 Å². The van der Waals surface area contributed by atoms with E-state index in [0.29, 0.717) is 6.61 Å². The lowest BCUT2D eigenvalue weighted by molar-refractivity contribution is 0.174. The number of allylic oxidation sites excluding steroid dienone is 1. The molecular formula is C26H27NO3. The van der Waals surface area contributed by atoms with E-state index in [-0.39, 0.29) is 6.79 Å². The van der Waals surface area contributed by atoms with E-state index in [9.17, 15) is 0 Å². The molecule has 0 aliphatic carbocycles. The number of likely N-dealkylation sites (N-methyl/N-ethyl adjacent to an activating group) is 1. The summed E-state index contributed by atoms with van der Waals surface area (Å²) in [6.45, 7) is 3.94. The molecule has 0 radical (unpaired) electrons. The highest BCUT2D eigenvalue weighted by molar-refractivity contribution is 5.98. The van der Waals surface area contributed by atoms with Crippen LogP contribution in [0.4, 0.5) is 0 Å². The lowest BCUT2D eigenvalue weighted by Gasteiger charge is -2.17. The van der Waals surface area contributed by atoms with E-state index in [2.05, 4.69) is 60.8 Å². The van der Waals surface area contributed by atoms with Crippen LogP contribution in [0.2, 0.25) is 0 Å². The molecule has 4 heteroatoms. The molecule has 0 aromatic heterocycles. The van der Waals surface area contributed by atoms with Crippen LogP contribution >= 0.6 is 0 Å². The van der Waals surface area contributed by atoms with Crippen molar-refractivity contribution in [3.05, 3.63) is 89.5 Å². The Kier molecular flexibility index (Phi) is 6.35. The second-order valence-corrected chi connectivity index (χ2v) is 7.12. The van der Waals surface area contributed by atoms with Crippen LogP contribution in [0.5, 0.6) is 17.2 Å². The zero-order valence-corrected chi connectivity index (χ0v) is 17.5. The second kappa shape index (κ2) is 9.51. The predicted molar refractivity (Wildman–Crippen MR) is 121 cm³/mol. The molecule has 0 fully saturated rings. The number of rotatable bonds is 8. The quantitative estimate of drug-likeness (QED) is 0.406. The first-order valence-corrected chi connectivity index (χ1v) is 10.4. The molecule has 1 aliphatic rings. The van der Waals surface area contributed by atoms with Crippen LogP contribution in [0.1, 0.15) is 30.0 Å². The molecular weight excluding hydrogens is 374 g/mol. The Morgan fingerprint density at radius 2 is 1.57 bits per heavy atom. The van der Waals surface area contributed by atoms with Crippen molar-refractivity contribution in [3.8, 4) is 17.2 Å². The van der Waals surface area contributed by atoms with Crippen LogP contribution in [-0.2, 0) is 0 Å². The molecule has 0 spiro atoms. The van der Waals surface area contributed by atoms with E-state index in [4.69, 9.17) is 14.2 Å². The smallest absolute Gasteiger partial charge is 0.231 e. The second-order valence-electron chi connectivity index (χ2n) is 7.12. The number of ether oxygens (including phenoxy) is 3. The first kappa shape index (κ1) is 20.0. The van der Waals surface area contributed by atoms with Crippen LogP contribution in [0.3, 0.4) is 0 Å². The summed E-state index contributed by atoms with van der Waals surface area (Å²) in [5, 5.41) is 3.10. The maximum atomic E-state index is 5.80. The third kappa shape index (κ3) is 4.34. The molecule has 1 aliphatic heterocycles. The zero-order valence-electron chi connectivity index (χ0n) is 17.5. The minimum Gasteiger partial charge on any atom is -0.492 e. The number of hydrogen-bond donors (Lipinski definition) is 1. The first-order chi connectivity index (χ1) is 14.8. The van der Waals surface area contributed by atoms with Gasteiger partial charge in [0.05, 0.1) is 0 Å². The lowest BCUT2D eigenvalue weighted by Crippen LogP contribution is -2.15. The van der Waals surface area contributed by atoms with Gasteiger partial charge in [0, 0.05) is 6.54 Å². The molecule has 0 unspecified atom stereocenters. The van der Waals surface area contributed by atoms with Gasteiger partial charge in [0.15, 0.2) is 11.5 Å². The van der Waals surface area contributed by atoms with Crippen molar-refractivity contribution in [2.45, 2.75) is 13.3 Å². The molecule has 3 aromatic carbocycles. The van der Waals surface area contributed by atoms with E-state index in [0.717, 1.165) is 41.3 Å². The minimum atomic E-state index is 0.282. The Morgan fingerprint density at radius 3 is 2.30 bits per heavy atom. The Morgan fingerprint density at radius 1 is 0.867 bits per heavy atom. The van der Waals surface area contributed by atoms with Gasteiger partial charge in [0.1, 0.15) is 12.4 Å². The SMILES string of the molecule is CCC(=C(c1ccccc1)c1ccc(OCCNC)cc1)c1ccc2c(c1)OCO2. The number of benzene rings is 3. The van der Waals surface area contributed by atoms with Gasteiger partial charge in [0.2, 0.25) is 6.79 Å². The standard InChI is InChI=1S/C26H27NO3/c1-3-23(21-11-14-24-25(17-21)30-18-29-24)26(19-7-5-4-6-8-19)20-9-12-22(13-10-20)28-16-15-27-2/h4-14,17,27H,3,15-16,18H2,1-2H3. The molecule has 154 valence electrons. The van der Waals surface area contributed by atoms with Gasteiger partial charge in [0.25, 0.3) is 0 Å². The van der Waals surface area contributed by atoms with Crippen molar-refractivity contribution in [3.63, 3.8) is 0 Å². The third-order valence-electron chi connectivity index (χ3n) is 5.20. The van der Waals surface area contributed by atoms with Crippen molar-refractivity contribution in [1.29, 1.82) is 0 Å². The highest BCUT2D eigenvalue weighted by Crippen LogP contribution is 2.39. The molecule has 4 rings (SSSR count). The summed E-state index contributed by atoms with van der Waals surface area (Å²) in [5.41, 5.74) is 5.99. The van der Waals surface area contributed by atoms with Crippen LogP contribution in [0.15, 0.2) is 72.8 Å². The Bertz CT molecular complexity index is 1010. The van der Waals surface area contributed by atoms with Gasteiger partial charge in [-0.1, -0.05) is 55.5 Å². The number of nitrogens with one attached hydrogen (secondary N) is 1. The molecule has 0 amide bonds. The molecule has 4 nitrogen and oxygen atoms in total. The average molecular weight is 402 g/mol. The average Bonchev–Trinajstić information content (AvgIpc) is 3.27.